The molecule has 5 aromatic heterocycles. The molecule has 0 amide bonds. The maximum atomic E-state index is 8.42. The van der Waals surface area contributed by atoms with Crippen molar-refractivity contribution in [2.45, 2.75) is 200 Å². The fraction of sp³-hybridized carbons (Fsp3) is 0.402. The van der Waals surface area contributed by atoms with Gasteiger partial charge in [-0.2, -0.15) is 0 Å². The van der Waals surface area contributed by atoms with Gasteiger partial charge >= 0.3 is 0 Å². The highest BCUT2D eigenvalue weighted by Crippen LogP contribution is 2.29. The molecule has 10 rings (SSSR count). The van der Waals surface area contributed by atoms with Gasteiger partial charge in [-0.05, 0) is 191 Å². The summed E-state index contributed by atoms with van der Waals surface area (Å²) in [5, 5.41) is 0. The monoisotopic (exact) mass is 1320 g/mol. The highest BCUT2D eigenvalue weighted by atomic mass is 14.9. The minimum atomic E-state index is -2.15. The number of aromatic nitrogens is 5. The van der Waals surface area contributed by atoms with Crippen LogP contribution in [0.3, 0.4) is 0 Å². The van der Waals surface area contributed by atoms with Gasteiger partial charge in [0.1, 0.15) is 35.2 Å². The summed E-state index contributed by atoms with van der Waals surface area (Å²) in [5.41, 5.74) is 20.6. The lowest BCUT2D eigenvalue weighted by Crippen LogP contribution is -2.33. The van der Waals surface area contributed by atoms with Crippen molar-refractivity contribution in [2.24, 2.45) is 52.0 Å². The Labute approximate surface area is 616 Å². The van der Waals surface area contributed by atoms with E-state index in [4.69, 9.17) is 20.6 Å². The summed E-state index contributed by atoms with van der Waals surface area (Å²) in [5.74, 6) is -0.0492. The molecule has 0 saturated carbocycles. The fourth-order valence-corrected chi connectivity index (χ4v) is 10.9. The second kappa shape index (κ2) is 38.1. The number of pyridine rings is 5. The van der Waals surface area contributed by atoms with Crippen LogP contribution in [0.1, 0.15) is 206 Å². The molecular formula is C92H134N5+5. The maximum Gasteiger partial charge on any atom is 0.212 e. The lowest BCUT2D eigenvalue weighted by atomic mass is 9.88. The second-order valence-corrected chi connectivity index (χ2v) is 27.8. The molecule has 0 aliphatic rings. The molecule has 0 fully saturated rings. The van der Waals surface area contributed by atoms with Gasteiger partial charge in [-0.3, -0.25) is 0 Å². The molecule has 5 heterocycles. The molecule has 0 spiro atoms. The Bertz CT molecular complexity index is 4750. The molecule has 0 N–H and O–H groups in total. The molecule has 0 atom stereocenters. The summed E-state index contributed by atoms with van der Waals surface area (Å²) < 4.78 is 128. The molecule has 5 nitrogen and oxygen atoms in total. The number of rotatable bonds is 9. The van der Waals surface area contributed by atoms with Gasteiger partial charge in [0.25, 0.3) is 0 Å². The highest BCUT2D eigenvalue weighted by Gasteiger charge is 2.22. The van der Waals surface area contributed by atoms with Gasteiger partial charge < -0.3 is 0 Å². The van der Waals surface area contributed by atoms with Crippen LogP contribution in [0.2, 0.25) is 0 Å². The standard InChI is InChI=1S/C19H26N.C18H24N.2C17H22N.C16H20N.5CH4/c1-14-7-9-17(15(2)11-14)18-10-8-16(13-20(18)6)12-19(3,4)5;1-14-8-6-7-9-16(14)17-11-10-15(13-19(17)5)12-18(2,3)4;1-13-8-6-7-9-15(13)16-11-10-14(12-18(16)5)17(2,3)4;1-13(2)11-15-9-10-17(18(4)12-15)16-8-6-5-7-14(16)3;1-11-6-7-15(13(3)8-11)16-9-12(2)14(4)10-17(16)5;;;;;/h7-11,13H,12H2,1-6H3;6-11,13H,12H2,1-5H3;6-12H,1-5H3;5-10,12-13H,11H2,1-4H3;6-10H,1-5H3;5*1H4/q5*+1;;;;;/i1D3,12D2;12D2;;11D2;1D3,4D3;;;;;. The molecule has 0 aliphatic carbocycles. The van der Waals surface area contributed by atoms with Crippen molar-refractivity contribution in [3.05, 3.63) is 267 Å². The van der Waals surface area contributed by atoms with E-state index in [1.54, 1.807) is 55.1 Å². The summed E-state index contributed by atoms with van der Waals surface area (Å²) in [6.07, 6.45) is 5.36. The molecule has 0 bridgehead atoms. The molecule has 0 saturated heterocycles. The third kappa shape index (κ3) is 25.7. The van der Waals surface area contributed by atoms with E-state index in [2.05, 4.69) is 120 Å². The van der Waals surface area contributed by atoms with Crippen LogP contribution in [0.15, 0.2) is 195 Å². The first-order valence-electron chi connectivity index (χ1n) is 39.5. The summed E-state index contributed by atoms with van der Waals surface area (Å²) >= 11 is 0. The van der Waals surface area contributed by atoms with E-state index < -0.39 is 50.5 Å². The van der Waals surface area contributed by atoms with Gasteiger partial charge in [-0.15, -0.1) is 0 Å². The average Bonchev–Trinajstić information content (AvgIpc) is 0.900. The Morgan fingerprint density at radius 3 is 0.979 bits per heavy atom. The Balaban J connectivity index is 0.000000695. The third-order valence-electron chi connectivity index (χ3n) is 15.6. The number of nitrogens with zero attached hydrogens (tertiary/aromatic N) is 5. The van der Waals surface area contributed by atoms with Crippen LogP contribution in [0, 0.1) is 78.8 Å². The Morgan fingerprint density at radius 2 is 0.660 bits per heavy atom. The van der Waals surface area contributed by atoms with Gasteiger partial charge in [0.15, 0.2) is 31.0 Å². The number of aryl methyl sites for hydroxylation is 14. The first-order valence-corrected chi connectivity index (χ1v) is 32.0. The summed E-state index contributed by atoms with van der Waals surface area (Å²) in [6, 6.07) is 53.1. The van der Waals surface area contributed by atoms with Crippen LogP contribution in [0.25, 0.3) is 56.3 Å². The molecule has 5 aromatic carbocycles. The number of benzene rings is 5. The molecule has 97 heavy (non-hydrogen) atoms. The van der Waals surface area contributed by atoms with Crippen LogP contribution in [0.4, 0.5) is 0 Å². The van der Waals surface area contributed by atoms with Gasteiger partial charge in [0.2, 0.25) is 28.5 Å². The molecule has 0 unspecified atom stereocenters. The number of hydrogen-bond acceptors (Lipinski definition) is 0. The van der Waals surface area contributed by atoms with Crippen LogP contribution in [0.5, 0.6) is 0 Å². The third-order valence-corrected chi connectivity index (χ3v) is 15.6. The molecule has 522 valence electrons. The van der Waals surface area contributed by atoms with Gasteiger partial charge in [0, 0.05) is 107 Å². The summed E-state index contributed by atoms with van der Waals surface area (Å²) in [4.78, 5) is 0. The summed E-state index contributed by atoms with van der Waals surface area (Å²) in [7, 11) is 9.75. The minimum absolute atomic E-state index is 0. The van der Waals surface area contributed by atoms with E-state index in [9.17, 15) is 0 Å². The fourth-order valence-electron chi connectivity index (χ4n) is 10.9. The Morgan fingerprint density at radius 1 is 0.330 bits per heavy atom. The predicted molar refractivity (Wildman–Crippen MR) is 425 cm³/mol. The molecular weight excluding hydrogens is 1180 g/mol. The summed E-state index contributed by atoms with van der Waals surface area (Å²) in [6.45, 7) is 27.5. The van der Waals surface area contributed by atoms with E-state index in [-0.39, 0.29) is 48.5 Å². The van der Waals surface area contributed by atoms with Crippen molar-refractivity contribution in [3.8, 4) is 56.3 Å². The van der Waals surface area contributed by atoms with E-state index in [1.807, 2.05) is 195 Å². The van der Waals surface area contributed by atoms with Gasteiger partial charge in [0.05, 0.1) is 0 Å². The minimum Gasteiger partial charge on any atom is -0.201 e. The van der Waals surface area contributed by atoms with E-state index >= 15 is 0 Å². The van der Waals surface area contributed by atoms with Crippen molar-refractivity contribution in [1.29, 1.82) is 0 Å². The zero-order valence-electron chi connectivity index (χ0n) is 74.3. The lowest BCUT2D eigenvalue weighted by molar-refractivity contribution is -0.661. The van der Waals surface area contributed by atoms with Crippen molar-refractivity contribution in [3.63, 3.8) is 0 Å². The maximum absolute atomic E-state index is 8.42. The van der Waals surface area contributed by atoms with E-state index in [0.717, 1.165) is 56.2 Å². The largest absolute Gasteiger partial charge is 0.212 e. The van der Waals surface area contributed by atoms with Crippen LogP contribution < -0.4 is 22.8 Å². The topological polar surface area (TPSA) is 19.4 Å². The zero-order valence-corrected chi connectivity index (χ0v) is 59.3. The zero-order chi connectivity index (χ0) is 80.9. The van der Waals surface area contributed by atoms with Crippen LogP contribution in [-0.4, -0.2) is 0 Å². The molecule has 0 radical (unpaired) electrons. The number of hydrogen-bond donors (Lipinski definition) is 0. The van der Waals surface area contributed by atoms with E-state index in [0.29, 0.717) is 27.8 Å². The average molecular weight is 1330 g/mol. The quantitative estimate of drug-likeness (QED) is 0.128. The Kier molecular flexibility index (Phi) is 25.0. The van der Waals surface area contributed by atoms with Crippen molar-refractivity contribution in [2.75, 3.05) is 0 Å². The van der Waals surface area contributed by atoms with Gasteiger partial charge in [-0.25, -0.2) is 22.8 Å². The molecule has 0 aliphatic heterocycles. The van der Waals surface area contributed by atoms with Gasteiger partial charge in [-0.1, -0.05) is 203 Å². The highest BCUT2D eigenvalue weighted by molar-refractivity contribution is 5.65. The predicted octanol–water partition coefficient (Wildman–Crippen LogP) is 22.5. The molecule has 5 heteroatoms. The van der Waals surface area contributed by atoms with Crippen molar-refractivity contribution < 1.29 is 43.4 Å². The van der Waals surface area contributed by atoms with E-state index in [1.165, 1.54) is 44.6 Å². The first-order chi connectivity index (χ1) is 49.0. The smallest absolute Gasteiger partial charge is 0.201 e. The normalized spacial score (nSPS) is 13.9. The second-order valence-electron chi connectivity index (χ2n) is 27.8. The Hall–Kier alpha value is -8.15. The first kappa shape index (κ1) is 63.6. The SMILES string of the molecule is C.C.C.C.C.Cc1ccccc1-c1ccc(C(C)(C)C)c[n+]1C.[2H]C([2H])([2H])c1ccc(-c2cc(C)c(C([2H])([2H])[2H])c[n+]2C)c(C)c1.[2H]C([2H])([2H])c1ccc(-c2ccc(C([2H])([2H])C(C)(C)C)c[n+]2C)c(C)c1.[2H]C([2H])(c1ccc(-c2ccccc2C)[n+](C)c1)C(C)(C)C.[2H]C([2H])(c1ccc(-c2ccccc2C)[n+](C)c1)C(C)C. The molecule has 10 aromatic rings. The van der Waals surface area contributed by atoms with Crippen molar-refractivity contribution in [1.82, 2.24) is 0 Å². The van der Waals surface area contributed by atoms with Crippen molar-refractivity contribution >= 4 is 0 Å². The lowest BCUT2D eigenvalue weighted by Gasteiger charge is -2.17. The van der Waals surface area contributed by atoms with Crippen LogP contribution in [-0.2, 0) is 59.8 Å². The van der Waals surface area contributed by atoms with Crippen LogP contribution >= 0.6 is 0 Å².